The van der Waals surface area contributed by atoms with Gasteiger partial charge in [0, 0.05) is 5.39 Å². The largest absolute Gasteiger partial charge is 0.493 e. The van der Waals surface area contributed by atoms with Crippen LogP contribution in [0.5, 0.6) is 5.75 Å². The van der Waals surface area contributed by atoms with E-state index in [4.69, 9.17) is 14.9 Å². The molecule has 7 nitrogen and oxygen atoms in total. The molecule has 1 aliphatic rings. The second-order valence-electron chi connectivity index (χ2n) is 8.20. The van der Waals surface area contributed by atoms with Crippen molar-refractivity contribution >= 4 is 22.8 Å². The predicted molar refractivity (Wildman–Crippen MR) is 100 cm³/mol. The number of ether oxygens (including phenoxy) is 1. The summed E-state index contributed by atoms with van der Waals surface area (Å²) in [6.45, 7) is 7.49. The molecule has 2 atom stereocenters. The highest BCUT2D eigenvalue weighted by Crippen LogP contribution is 2.51. The third-order valence-corrected chi connectivity index (χ3v) is 5.48. The van der Waals surface area contributed by atoms with Gasteiger partial charge in [0.05, 0.1) is 18.8 Å². The predicted octanol–water partition coefficient (Wildman–Crippen LogP) is 2.13. The van der Waals surface area contributed by atoms with Crippen molar-refractivity contribution in [3.05, 3.63) is 29.5 Å². The average molecular weight is 374 g/mol. The summed E-state index contributed by atoms with van der Waals surface area (Å²) < 4.78 is 11.6. The highest BCUT2D eigenvalue weighted by molar-refractivity contribution is 6.09. The van der Waals surface area contributed by atoms with Crippen LogP contribution < -0.4 is 15.8 Å². The first-order chi connectivity index (χ1) is 12.6. The van der Waals surface area contributed by atoms with Crippen LogP contribution in [0.4, 0.5) is 0 Å². The quantitative estimate of drug-likeness (QED) is 0.687. The number of benzene rings is 1. The minimum atomic E-state index is -1.56. The zero-order valence-corrected chi connectivity index (χ0v) is 16.1. The fourth-order valence-corrected chi connectivity index (χ4v) is 3.12. The number of furan rings is 1. The topological polar surface area (TPSA) is 115 Å². The molecule has 0 bridgehead atoms. The lowest BCUT2D eigenvalue weighted by Crippen LogP contribution is -2.57. The molecule has 1 fully saturated rings. The molecule has 1 saturated carbocycles. The van der Waals surface area contributed by atoms with Crippen LogP contribution in [0.25, 0.3) is 11.0 Å². The van der Waals surface area contributed by atoms with Crippen molar-refractivity contribution in [2.45, 2.75) is 39.7 Å². The van der Waals surface area contributed by atoms with Crippen molar-refractivity contribution in [2.24, 2.45) is 17.1 Å². The van der Waals surface area contributed by atoms with Gasteiger partial charge in [-0.1, -0.05) is 13.8 Å². The van der Waals surface area contributed by atoms with Crippen LogP contribution >= 0.6 is 0 Å². The molecule has 1 heterocycles. The zero-order chi connectivity index (χ0) is 20.0. The Morgan fingerprint density at radius 2 is 2.11 bits per heavy atom. The minimum Gasteiger partial charge on any atom is -0.493 e. The first-order valence-electron chi connectivity index (χ1n) is 8.96. The molecule has 1 aliphatic carbocycles. The average Bonchev–Trinajstić information content (AvgIpc) is 3.06. The Hall–Kier alpha value is -2.54. The van der Waals surface area contributed by atoms with Gasteiger partial charge in [-0.15, -0.1) is 0 Å². The van der Waals surface area contributed by atoms with Gasteiger partial charge in [0.1, 0.15) is 22.6 Å². The molecule has 0 aliphatic heterocycles. The molecule has 146 valence electrons. The summed E-state index contributed by atoms with van der Waals surface area (Å²) in [6, 6.07) is 5.33. The lowest BCUT2D eigenvalue weighted by molar-refractivity contribution is -0.124. The molecule has 7 heteroatoms. The Morgan fingerprint density at radius 1 is 1.44 bits per heavy atom. The molecule has 2 amide bonds. The van der Waals surface area contributed by atoms with E-state index in [9.17, 15) is 14.7 Å². The molecule has 1 aromatic carbocycles. The fraction of sp³-hybridized carbons (Fsp3) is 0.500. The lowest BCUT2D eigenvalue weighted by atomic mass is 10.0. The van der Waals surface area contributed by atoms with Crippen molar-refractivity contribution in [1.29, 1.82) is 0 Å². The molecular formula is C20H26N2O5. The number of fused-ring (bicyclic) bond motifs is 1. The Labute approximate surface area is 157 Å². The van der Waals surface area contributed by atoms with Crippen LogP contribution in [-0.4, -0.2) is 35.7 Å². The zero-order valence-electron chi connectivity index (χ0n) is 16.1. The van der Waals surface area contributed by atoms with Gasteiger partial charge in [0.15, 0.2) is 0 Å². The van der Waals surface area contributed by atoms with E-state index >= 15 is 0 Å². The number of carbonyl (C=O) groups excluding carboxylic acids is 2. The maximum Gasteiger partial charge on any atom is 0.256 e. The molecule has 1 aromatic heterocycles. The van der Waals surface area contributed by atoms with Crippen LogP contribution in [0, 0.1) is 18.3 Å². The third-order valence-electron chi connectivity index (χ3n) is 5.48. The number of aliphatic hydroxyl groups excluding tert-OH is 1. The fourth-order valence-electron chi connectivity index (χ4n) is 3.12. The van der Waals surface area contributed by atoms with Crippen LogP contribution in [-0.2, 0) is 4.79 Å². The van der Waals surface area contributed by atoms with E-state index in [2.05, 4.69) is 19.2 Å². The van der Waals surface area contributed by atoms with E-state index in [1.54, 1.807) is 19.1 Å². The Kier molecular flexibility index (Phi) is 4.67. The Bertz CT molecular complexity index is 901. The van der Waals surface area contributed by atoms with Crippen LogP contribution in [0.2, 0.25) is 0 Å². The highest BCUT2D eigenvalue weighted by atomic mass is 16.5. The summed E-state index contributed by atoms with van der Waals surface area (Å²) in [5.41, 5.74) is 4.90. The first kappa shape index (κ1) is 19.2. The van der Waals surface area contributed by atoms with Crippen LogP contribution in [0.1, 0.15) is 43.3 Å². The van der Waals surface area contributed by atoms with Gasteiger partial charge >= 0.3 is 0 Å². The number of carbonyl (C=O) groups is 2. The van der Waals surface area contributed by atoms with Gasteiger partial charge in [-0.2, -0.15) is 0 Å². The van der Waals surface area contributed by atoms with Gasteiger partial charge in [-0.25, -0.2) is 0 Å². The number of rotatable bonds is 7. The summed E-state index contributed by atoms with van der Waals surface area (Å²) >= 11 is 0. The summed E-state index contributed by atoms with van der Waals surface area (Å²) in [6.07, 6.45) is 1.14. The summed E-state index contributed by atoms with van der Waals surface area (Å²) in [4.78, 5) is 24.3. The normalized spacial score (nSPS) is 20.1. The monoisotopic (exact) mass is 374 g/mol. The van der Waals surface area contributed by atoms with Crippen molar-refractivity contribution in [2.75, 3.05) is 13.2 Å². The van der Waals surface area contributed by atoms with Crippen LogP contribution in [0.3, 0.4) is 0 Å². The molecule has 2 aromatic rings. The van der Waals surface area contributed by atoms with Gasteiger partial charge in [0.25, 0.3) is 5.91 Å². The highest BCUT2D eigenvalue weighted by Gasteiger charge is 2.45. The number of nitrogens with one attached hydrogen (secondary N) is 1. The summed E-state index contributed by atoms with van der Waals surface area (Å²) in [5.74, 6) is 0.234. The van der Waals surface area contributed by atoms with Crippen molar-refractivity contribution in [3.8, 4) is 5.75 Å². The van der Waals surface area contributed by atoms with Crippen molar-refractivity contribution in [1.82, 2.24) is 5.32 Å². The molecule has 0 radical (unpaired) electrons. The first-order valence-corrected chi connectivity index (χ1v) is 8.96. The second kappa shape index (κ2) is 6.56. The number of nitrogens with two attached hydrogens (primary N) is 1. The number of primary amides is 1. The molecule has 0 saturated heterocycles. The SMILES string of the molecule is Cc1oc2ccc(OC[C@H]3CC3(C)C)cc2c1C(=O)NC(C)(CO)C(N)=O. The molecule has 27 heavy (non-hydrogen) atoms. The standard InChI is InChI=1S/C20H26N2O5/c1-11-16(17(24)22-20(4,10-23)18(21)25)14-7-13(5-6-15(14)27-11)26-9-12-8-19(12,2)3/h5-7,12,23H,8-10H2,1-4H3,(H2,21,25)(H,22,24)/t12-,20?/m1/s1. The smallest absolute Gasteiger partial charge is 0.256 e. The maximum absolute atomic E-state index is 12.8. The number of aryl methyl sites for hydroxylation is 1. The van der Waals surface area contributed by atoms with E-state index in [1.807, 2.05) is 6.07 Å². The number of hydrogen-bond donors (Lipinski definition) is 3. The Morgan fingerprint density at radius 3 is 2.67 bits per heavy atom. The van der Waals surface area contributed by atoms with E-state index in [0.717, 1.165) is 6.42 Å². The molecule has 4 N–H and O–H groups in total. The van der Waals surface area contributed by atoms with E-state index in [0.29, 0.717) is 46.0 Å². The van der Waals surface area contributed by atoms with Gasteiger partial charge < -0.3 is 25.3 Å². The van der Waals surface area contributed by atoms with E-state index < -0.39 is 24.0 Å². The minimum absolute atomic E-state index is 0.295. The van der Waals surface area contributed by atoms with Gasteiger partial charge in [-0.3, -0.25) is 9.59 Å². The van der Waals surface area contributed by atoms with Gasteiger partial charge in [0.2, 0.25) is 5.91 Å². The second-order valence-corrected chi connectivity index (χ2v) is 8.20. The van der Waals surface area contributed by atoms with E-state index in [1.165, 1.54) is 6.92 Å². The van der Waals surface area contributed by atoms with Crippen molar-refractivity contribution in [3.63, 3.8) is 0 Å². The molecular weight excluding hydrogens is 348 g/mol. The molecule has 1 unspecified atom stereocenters. The van der Waals surface area contributed by atoms with Gasteiger partial charge in [-0.05, 0) is 49.8 Å². The van der Waals surface area contributed by atoms with Crippen LogP contribution in [0.15, 0.2) is 22.6 Å². The lowest BCUT2D eigenvalue weighted by Gasteiger charge is -2.24. The maximum atomic E-state index is 12.8. The molecule has 0 spiro atoms. The van der Waals surface area contributed by atoms with Crippen molar-refractivity contribution < 1.29 is 23.8 Å². The summed E-state index contributed by atoms with van der Waals surface area (Å²) in [7, 11) is 0. The summed E-state index contributed by atoms with van der Waals surface area (Å²) in [5, 5.41) is 12.5. The Balaban J connectivity index is 1.86. The molecule has 3 rings (SSSR count). The number of aliphatic hydroxyl groups is 1. The third kappa shape index (κ3) is 3.64. The number of amides is 2. The van der Waals surface area contributed by atoms with E-state index in [-0.39, 0.29) is 0 Å². The number of hydrogen-bond acceptors (Lipinski definition) is 5.